The molecule has 2 aliphatic carbocycles. The molecule has 0 radical (unpaired) electrons. The van der Waals surface area contributed by atoms with Gasteiger partial charge in [-0.2, -0.15) is 0 Å². The molecule has 1 atom stereocenters. The van der Waals surface area contributed by atoms with Gasteiger partial charge >= 0.3 is 0 Å². The van der Waals surface area contributed by atoms with Crippen LogP contribution in [0.3, 0.4) is 0 Å². The highest BCUT2D eigenvalue weighted by atomic mass is 16.2. The zero-order valence-corrected chi connectivity index (χ0v) is 9.59. The Kier molecular flexibility index (Phi) is 3.01. The zero-order valence-electron chi connectivity index (χ0n) is 9.59. The Bertz CT molecular complexity index is 238. The molecular weight excluding hydrogens is 188 g/mol. The molecule has 0 aromatic carbocycles. The Morgan fingerprint density at radius 3 is 2.47 bits per heavy atom. The van der Waals surface area contributed by atoms with Crippen LogP contribution in [0.4, 0.5) is 0 Å². The van der Waals surface area contributed by atoms with Gasteiger partial charge in [0.2, 0.25) is 5.91 Å². The molecule has 2 rings (SSSR count). The predicted octanol–water partition coefficient (Wildman–Crippen LogP) is 1.42. The van der Waals surface area contributed by atoms with Crippen molar-refractivity contribution in [2.24, 2.45) is 17.1 Å². The van der Waals surface area contributed by atoms with Crippen molar-refractivity contribution in [2.75, 3.05) is 6.54 Å². The summed E-state index contributed by atoms with van der Waals surface area (Å²) in [6.45, 7) is 2.64. The van der Waals surface area contributed by atoms with Gasteiger partial charge in [-0.05, 0) is 38.5 Å². The molecule has 0 saturated heterocycles. The number of hydrogen-bond donors (Lipinski definition) is 2. The molecule has 0 aromatic heterocycles. The van der Waals surface area contributed by atoms with E-state index in [4.69, 9.17) is 5.73 Å². The van der Waals surface area contributed by atoms with Crippen LogP contribution in [-0.4, -0.2) is 18.5 Å². The van der Waals surface area contributed by atoms with Crippen LogP contribution in [0.25, 0.3) is 0 Å². The van der Waals surface area contributed by atoms with Crippen LogP contribution in [0, 0.1) is 11.3 Å². The summed E-state index contributed by atoms with van der Waals surface area (Å²) in [6.07, 6.45) is 6.99. The van der Waals surface area contributed by atoms with Crippen LogP contribution < -0.4 is 11.1 Å². The van der Waals surface area contributed by atoms with E-state index in [9.17, 15) is 4.79 Å². The summed E-state index contributed by atoms with van der Waals surface area (Å²) < 4.78 is 0. The minimum absolute atomic E-state index is 0.204. The molecule has 3 heteroatoms. The lowest BCUT2D eigenvalue weighted by Crippen LogP contribution is -2.54. The lowest BCUT2D eigenvalue weighted by atomic mass is 9.67. The van der Waals surface area contributed by atoms with E-state index in [1.54, 1.807) is 0 Å². The predicted molar refractivity (Wildman–Crippen MR) is 60.3 cm³/mol. The number of hydrogen-bond acceptors (Lipinski definition) is 2. The Morgan fingerprint density at radius 2 is 2.13 bits per heavy atom. The second-order valence-corrected chi connectivity index (χ2v) is 5.29. The van der Waals surface area contributed by atoms with Crippen molar-refractivity contribution >= 4 is 5.91 Å². The minimum Gasteiger partial charge on any atom is -0.353 e. The van der Waals surface area contributed by atoms with Gasteiger partial charge < -0.3 is 11.1 Å². The molecular formula is C12H22N2O. The number of amides is 1. The van der Waals surface area contributed by atoms with E-state index in [0.29, 0.717) is 18.5 Å². The maximum Gasteiger partial charge on any atom is 0.227 e. The average molecular weight is 210 g/mol. The van der Waals surface area contributed by atoms with E-state index in [1.807, 2.05) is 0 Å². The van der Waals surface area contributed by atoms with Crippen LogP contribution in [0.2, 0.25) is 0 Å². The summed E-state index contributed by atoms with van der Waals surface area (Å²) in [5.74, 6) is 0.916. The fourth-order valence-electron chi connectivity index (χ4n) is 2.54. The summed E-state index contributed by atoms with van der Waals surface area (Å²) in [5.41, 5.74) is 5.50. The Morgan fingerprint density at radius 1 is 1.47 bits per heavy atom. The molecule has 0 aromatic rings. The quantitative estimate of drug-likeness (QED) is 0.737. The fourth-order valence-corrected chi connectivity index (χ4v) is 2.54. The van der Waals surface area contributed by atoms with Gasteiger partial charge in [-0.3, -0.25) is 4.79 Å². The third-order valence-electron chi connectivity index (χ3n) is 4.40. The molecule has 1 amide bonds. The third kappa shape index (κ3) is 1.89. The second-order valence-electron chi connectivity index (χ2n) is 5.29. The van der Waals surface area contributed by atoms with E-state index >= 15 is 0 Å². The average Bonchev–Trinajstić information content (AvgIpc) is 1.98. The van der Waals surface area contributed by atoms with Crippen molar-refractivity contribution in [3.05, 3.63) is 0 Å². The van der Waals surface area contributed by atoms with Crippen LogP contribution in [0.5, 0.6) is 0 Å². The van der Waals surface area contributed by atoms with Crippen molar-refractivity contribution in [2.45, 2.75) is 51.5 Å². The zero-order chi connectivity index (χ0) is 10.9. The normalized spacial score (nSPS) is 26.3. The molecule has 3 N–H and O–H groups in total. The van der Waals surface area contributed by atoms with Gasteiger partial charge in [0.15, 0.2) is 0 Å². The second kappa shape index (κ2) is 4.12. The van der Waals surface area contributed by atoms with E-state index in [0.717, 1.165) is 19.3 Å². The van der Waals surface area contributed by atoms with E-state index in [2.05, 4.69) is 12.2 Å². The van der Waals surface area contributed by atoms with Gasteiger partial charge in [0, 0.05) is 12.6 Å². The molecule has 0 spiro atoms. The first-order valence-corrected chi connectivity index (χ1v) is 6.19. The van der Waals surface area contributed by atoms with Crippen molar-refractivity contribution < 1.29 is 4.79 Å². The molecule has 3 nitrogen and oxygen atoms in total. The van der Waals surface area contributed by atoms with Gasteiger partial charge in [-0.25, -0.2) is 0 Å². The fraction of sp³-hybridized carbons (Fsp3) is 0.917. The lowest BCUT2D eigenvalue weighted by molar-refractivity contribution is -0.136. The highest BCUT2D eigenvalue weighted by Gasteiger charge is 2.43. The monoisotopic (exact) mass is 210 g/mol. The van der Waals surface area contributed by atoms with E-state index in [1.165, 1.54) is 19.3 Å². The Hall–Kier alpha value is -0.570. The summed E-state index contributed by atoms with van der Waals surface area (Å²) in [4.78, 5) is 12.0. The first-order valence-electron chi connectivity index (χ1n) is 6.19. The van der Waals surface area contributed by atoms with Gasteiger partial charge in [0.05, 0.1) is 5.41 Å². The minimum atomic E-state index is -0.210. The highest BCUT2D eigenvalue weighted by Crippen LogP contribution is 2.40. The van der Waals surface area contributed by atoms with Crippen molar-refractivity contribution in [1.82, 2.24) is 5.32 Å². The van der Waals surface area contributed by atoms with Crippen LogP contribution in [0.15, 0.2) is 0 Å². The number of rotatable bonds is 4. The summed E-state index contributed by atoms with van der Waals surface area (Å²) in [7, 11) is 0. The molecule has 0 bridgehead atoms. The number of nitrogens with one attached hydrogen (secondary N) is 1. The van der Waals surface area contributed by atoms with Crippen molar-refractivity contribution in [1.29, 1.82) is 0 Å². The van der Waals surface area contributed by atoms with E-state index in [-0.39, 0.29) is 11.3 Å². The Labute approximate surface area is 91.8 Å². The topological polar surface area (TPSA) is 55.1 Å². The number of carbonyl (C=O) groups is 1. The van der Waals surface area contributed by atoms with Gasteiger partial charge in [0.1, 0.15) is 0 Å². The van der Waals surface area contributed by atoms with Crippen LogP contribution in [-0.2, 0) is 4.79 Å². The van der Waals surface area contributed by atoms with Gasteiger partial charge in [-0.1, -0.05) is 12.8 Å². The first-order chi connectivity index (χ1) is 7.18. The van der Waals surface area contributed by atoms with Crippen molar-refractivity contribution in [3.8, 4) is 0 Å². The first kappa shape index (κ1) is 10.9. The molecule has 2 aliphatic rings. The van der Waals surface area contributed by atoms with Crippen molar-refractivity contribution in [3.63, 3.8) is 0 Å². The van der Waals surface area contributed by atoms with Gasteiger partial charge in [-0.15, -0.1) is 0 Å². The summed E-state index contributed by atoms with van der Waals surface area (Å²) >= 11 is 0. The number of carbonyl (C=O) groups excluding carboxylic acids is 1. The molecule has 0 heterocycles. The lowest BCUT2D eigenvalue weighted by Gasteiger charge is -2.41. The summed E-state index contributed by atoms with van der Waals surface area (Å²) in [5, 5.41) is 3.16. The smallest absolute Gasteiger partial charge is 0.227 e. The standard InChI is InChI=1S/C12H22N2O/c1-9(10-4-2-5-10)14-11(15)12(8-13)6-3-7-12/h9-10H,2-8,13H2,1H3,(H,14,15). The maximum absolute atomic E-state index is 12.0. The Balaban J connectivity index is 1.85. The van der Waals surface area contributed by atoms with Gasteiger partial charge in [0.25, 0.3) is 0 Å². The largest absolute Gasteiger partial charge is 0.353 e. The maximum atomic E-state index is 12.0. The highest BCUT2D eigenvalue weighted by molar-refractivity contribution is 5.84. The van der Waals surface area contributed by atoms with E-state index < -0.39 is 0 Å². The van der Waals surface area contributed by atoms with Crippen LogP contribution >= 0.6 is 0 Å². The molecule has 2 fully saturated rings. The molecule has 0 aliphatic heterocycles. The SMILES string of the molecule is CC(NC(=O)C1(CN)CCC1)C1CCC1. The van der Waals surface area contributed by atoms with Crippen LogP contribution in [0.1, 0.15) is 45.4 Å². The number of nitrogens with two attached hydrogens (primary N) is 1. The third-order valence-corrected chi connectivity index (χ3v) is 4.40. The molecule has 15 heavy (non-hydrogen) atoms. The molecule has 2 saturated carbocycles. The summed E-state index contributed by atoms with van der Waals surface area (Å²) in [6, 6.07) is 0.343. The molecule has 86 valence electrons. The molecule has 1 unspecified atom stereocenters.